The fourth-order valence-electron chi connectivity index (χ4n) is 6.86. The molecule has 1 N–H and O–H groups in total. The molecule has 0 radical (unpaired) electrons. The number of nitrogens with one attached hydrogen (secondary N) is 1. The van der Waals surface area contributed by atoms with E-state index in [0.29, 0.717) is 54.4 Å². The van der Waals surface area contributed by atoms with E-state index in [4.69, 9.17) is 9.47 Å². The Morgan fingerprint density at radius 3 is 2.32 bits per heavy atom. The first kappa shape index (κ1) is 31.9. The summed E-state index contributed by atoms with van der Waals surface area (Å²) in [5, 5.41) is 2.24. The molecule has 1 aliphatic carbocycles. The van der Waals surface area contributed by atoms with Gasteiger partial charge in [0.2, 0.25) is 11.8 Å². The minimum atomic E-state index is -0.992. The molecular formula is C33H46N4O7. The van der Waals surface area contributed by atoms with Crippen molar-refractivity contribution in [3.8, 4) is 5.75 Å². The van der Waals surface area contributed by atoms with Gasteiger partial charge >= 0.3 is 6.09 Å². The Morgan fingerprint density at radius 2 is 1.73 bits per heavy atom. The van der Waals surface area contributed by atoms with Crippen LogP contribution in [0.15, 0.2) is 12.1 Å². The predicted molar refractivity (Wildman–Crippen MR) is 162 cm³/mol. The van der Waals surface area contributed by atoms with Gasteiger partial charge < -0.3 is 14.4 Å². The van der Waals surface area contributed by atoms with Gasteiger partial charge in [-0.2, -0.15) is 0 Å². The van der Waals surface area contributed by atoms with Crippen molar-refractivity contribution in [1.29, 1.82) is 0 Å². The summed E-state index contributed by atoms with van der Waals surface area (Å²) >= 11 is 0. The van der Waals surface area contributed by atoms with Crippen LogP contribution in [0.2, 0.25) is 0 Å². The molecule has 5 rings (SSSR count). The maximum absolute atomic E-state index is 13.5. The van der Waals surface area contributed by atoms with Crippen LogP contribution in [0.25, 0.3) is 0 Å². The molecule has 240 valence electrons. The lowest BCUT2D eigenvalue weighted by Gasteiger charge is -2.46. The van der Waals surface area contributed by atoms with Gasteiger partial charge in [0.1, 0.15) is 23.5 Å². The average Bonchev–Trinajstić information content (AvgIpc) is 3.18. The lowest BCUT2D eigenvalue weighted by Crippen LogP contribution is -2.54. The highest BCUT2D eigenvalue weighted by Crippen LogP contribution is 2.38. The van der Waals surface area contributed by atoms with E-state index in [0.717, 1.165) is 37.1 Å². The molecule has 11 heteroatoms. The number of ether oxygens (including phenoxy) is 2. The van der Waals surface area contributed by atoms with Crippen LogP contribution in [-0.2, 0) is 20.7 Å². The number of imide groups is 2. The molecule has 3 heterocycles. The third-order valence-electron chi connectivity index (χ3n) is 9.26. The number of hydrogen-bond acceptors (Lipinski definition) is 8. The third kappa shape index (κ3) is 6.48. The van der Waals surface area contributed by atoms with Crippen molar-refractivity contribution in [3.05, 3.63) is 28.8 Å². The highest BCUT2D eigenvalue weighted by Gasteiger charge is 2.46. The van der Waals surface area contributed by atoms with Crippen LogP contribution >= 0.6 is 0 Å². The van der Waals surface area contributed by atoms with E-state index in [2.05, 4.69) is 24.1 Å². The van der Waals surface area contributed by atoms with E-state index < -0.39 is 35.3 Å². The predicted octanol–water partition coefficient (Wildman–Crippen LogP) is 3.92. The van der Waals surface area contributed by atoms with Crippen LogP contribution in [0, 0.1) is 5.92 Å². The summed E-state index contributed by atoms with van der Waals surface area (Å²) in [6.45, 7) is 14.4. The maximum Gasteiger partial charge on any atom is 0.410 e. The molecule has 2 saturated heterocycles. The molecule has 1 unspecified atom stereocenters. The second kappa shape index (κ2) is 12.5. The Balaban J connectivity index is 1.18. The van der Waals surface area contributed by atoms with Gasteiger partial charge in [-0.15, -0.1) is 0 Å². The number of carbonyl (C=O) groups is 5. The molecule has 3 fully saturated rings. The summed E-state index contributed by atoms with van der Waals surface area (Å²) in [7, 11) is 0. The highest BCUT2D eigenvalue weighted by atomic mass is 16.6. The Labute approximate surface area is 259 Å². The number of likely N-dealkylation sites (tertiary alicyclic amines) is 1. The molecule has 11 nitrogen and oxygen atoms in total. The molecule has 3 aliphatic heterocycles. The molecule has 1 aromatic carbocycles. The Morgan fingerprint density at radius 1 is 1.05 bits per heavy atom. The summed E-state index contributed by atoms with van der Waals surface area (Å²) in [6, 6.07) is 3.15. The number of amides is 5. The molecule has 4 aliphatic rings. The van der Waals surface area contributed by atoms with Crippen LogP contribution in [-0.4, -0.2) is 93.9 Å². The Kier molecular flexibility index (Phi) is 9.07. The zero-order valence-corrected chi connectivity index (χ0v) is 26.8. The fraction of sp³-hybridized carbons (Fsp3) is 0.667. The number of carbonyl (C=O) groups excluding carboxylic acids is 5. The zero-order valence-electron chi connectivity index (χ0n) is 26.8. The van der Waals surface area contributed by atoms with Gasteiger partial charge in [0.15, 0.2) is 0 Å². The molecule has 1 aromatic rings. The SMILES string of the molecule is CCc1c(O[C@H]2C[C@H](N(CC3CCN(C(=O)OC(C)(C)C)CC3)C(C)C)C2)ccc2c1C(=O)N(C1CCC(=O)NC1=O)C2=O. The molecule has 0 bridgehead atoms. The lowest BCUT2D eigenvalue weighted by molar-refractivity contribution is -0.136. The summed E-state index contributed by atoms with van der Waals surface area (Å²) in [6.07, 6.45) is 4.10. The van der Waals surface area contributed by atoms with Crippen molar-refractivity contribution in [2.75, 3.05) is 19.6 Å². The van der Waals surface area contributed by atoms with E-state index in [1.807, 2.05) is 32.6 Å². The van der Waals surface area contributed by atoms with Crippen molar-refractivity contribution < 1.29 is 33.4 Å². The molecule has 1 atom stereocenters. The first-order chi connectivity index (χ1) is 20.8. The zero-order chi connectivity index (χ0) is 31.9. The van der Waals surface area contributed by atoms with Crippen LogP contribution < -0.4 is 10.1 Å². The Bertz CT molecular complexity index is 1320. The van der Waals surface area contributed by atoms with E-state index in [9.17, 15) is 24.0 Å². The minimum Gasteiger partial charge on any atom is -0.490 e. The van der Waals surface area contributed by atoms with Gasteiger partial charge in [-0.1, -0.05) is 6.92 Å². The second-order valence-corrected chi connectivity index (χ2v) is 13.8. The van der Waals surface area contributed by atoms with Gasteiger partial charge in [0.25, 0.3) is 11.8 Å². The van der Waals surface area contributed by atoms with E-state index in [-0.39, 0.29) is 30.6 Å². The normalized spacial score (nSPS) is 24.5. The number of benzene rings is 1. The number of hydrogen-bond donors (Lipinski definition) is 1. The van der Waals surface area contributed by atoms with Crippen molar-refractivity contribution in [2.45, 2.75) is 116 Å². The van der Waals surface area contributed by atoms with Crippen LogP contribution in [0.1, 0.15) is 106 Å². The van der Waals surface area contributed by atoms with Crippen molar-refractivity contribution in [2.24, 2.45) is 5.92 Å². The Hall–Kier alpha value is -3.47. The largest absolute Gasteiger partial charge is 0.490 e. The van der Waals surface area contributed by atoms with E-state index in [1.165, 1.54) is 0 Å². The first-order valence-corrected chi connectivity index (χ1v) is 16.0. The summed E-state index contributed by atoms with van der Waals surface area (Å²) in [5.41, 5.74) is 0.763. The number of rotatable bonds is 8. The van der Waals surface area contributed by atoms with Gasteiger partial charge in [0.05, 0.1) is 11.1 Å². The average molecular weight is 611 g/mol. The maximum atomic E-state index is 13.5. The third-order valence-corrected chi connectivity index (χ3v) is 9.26. The molecule has 1 saturated carbocycles. The van der Waals surface area contributed by atoms with E-state index >= 15 is 0 Å². The molecular weight excluding hydrogens is 564 g/mol. The van der Waals surface area contributed by atoms with E-state index in [1.54, 1.807) is 12.1 Å². The van der Waals surface area contributed by atoms with Gasteiger partial charge in [-0.3, -0.25) is 34.3 Å². The van der Waals surface area contributed by atoms with Crippen molar-refractivity contribution in [1.82, 2.24) is 20.0 Å². The van der Waals surface area contributed by atoms with Gasteiger partial charge in [-0.25, -0.2) is 4.79 Å². The van der Waals surface area contributed by atoms with Gasteiger partial charge in [-0.05, 0) is 78.4 Å². The summed E-state index contributed by atoms with van der Waals surface area (Å²) < 4.78 is 12.0. The van der Waals surface area contributed by atoms with Crippen molar-refractivity contribution in [3.63, 3.8) is 0 Å². The molecule has 0 spiro atoms. The molecule has 0 aromatic heterocycles. The van der Waals surface area contributed by atoms with Crippen LogP contribution in [0.3, 0.4) is 0 Å². The first-order valence-electron chi connectivity index (χ1n) is 16.0. The molecule has 5 amide bonds. The summed E-state index contributed by atoms with van der Waals surface area (Å²) in [5.74, 6) is -0.909. The van der Waals surface area contributed by atoms with Gasteiger partial charge in [0, 0.05) is 56.5 Å². The van der Waals surface area contributed by atoms with Crippen molar-refractivity contribution >= 4 is 29.7 Å². The smallest absolute Gasteiger partial charge is 0.410 e. The van der Waals surface area contributed by atoms with Crippen LogP contribution in [0.4, 0.5) is 4.79 Å². The monoisotopic (exact) mass is 610 g/mol. The number of nitrogens with zero attached hydrogens (tertiary/aromatic N) is 3. The lowest BCUT2D eigenvalue weighted by atomic mass is 9.85. The molecule has 44 heavy (non-hydrogen) atoms. The number of fused-ring (bicyclic) bond motifs is 1. The second-order valence-electron chi connectivity index (χ2n) is 13.8. The topological polar surface area (TPSA) is 126 Å². The summed E-state index contributed by atoms with van der Waals surface area (Å²) in [4.78, 5) is 68.7. The fourth-order valence-corrected chi connectivity index (χ4v) is 6.86. The number of piperidine rings is 2. The van der Waals surface area contributed by atoms with Crippen LogP contribution in [0.5, 0.6) is 5.75 Å². The highest BCUT2D eigenvalue weighted by molar-refractivity contribution is 6.24. The minimum absolute atomic E-state index is 0.00272. The standard InChI is InChI=1S/C33H46N4O7/c1-7-23-26(10-8-24-28(23)31(41)37(30(24)40)25-9-11-27(38)34-29(25)39)43-22-16-21(17-22)36(19(2)3)18-20-12-14-35(15-13-20)32(42)44-33(4,5)6/h8,10,19-22,25H,7,9,11-18H2,1-6H3,(H,34,38,39)/t21-,22-,25?. The quantitative estimate of drug-likeness (QED) is 0.439.